The minimum Gasteiger partial charge on any atom is -0.454 e. The molecule has 0 aromatic carbocycles. The van der Waals surface area contributed by atoms with Gasteiger partial charge in [0, 0.05) is 11.9 Å². The van der Waals surface area contributed by atoms with Crippen molar-refractivity contribution in [3.63, 3.8) is 0 Å². The van der Waals surface area contributed by atoms with Crippen LogP contribution < -0.4 is 4.74 Å². The molecule has 3 nitrogen and oxygen atoms in total. The van der Waals surface area contributed by atoms with Gasteiger partial charge in [-0.05, 0) is 43.0 Å². The van der Waals surface area contributed by atoms with Gasteiger partial charge in [-0.25, -0.2) is 0 Å². The van der Waals surface area contributed by atoms with Crippen molar-refractivity contribution in [2.75, 3.05) is 0 Å². The highest BCUT2D eigenvalue weighted by atomic mass is 16.5. The first-order valence-electron chi connectivity index (χ1n) is 5.39. The molecule has 0 N–H and O–H groups in total. The Kier molecular flexibility index (Phi) is 2.10. The number of hydrogen-bond acceptors (Lipinski definition) is 3. The lowest BCUT2D eigenvalue weighted by Gasteiger charge is -2.07. The van der Waals surface area contributed by atoms with Crippen LogP contribution in [-0.4, -0.2) is 9.97 Å². The number of pyridine rings is 2. The lowest BCUT2D eigenvalue weighted by Crippen LogP contribution is -1.91. The predicted octanol–water partition coefficient (Wildman–Crippen LogP) is 2.68. The minimum atomic E-state index is 0.854. The maximum atomic E-state index is 5.83. The molecule has 3 rings (SSSR count). The van der Waals surface area contributed by atoms with Gasteiger partial charge in [-0.15, -0.1) is 0 Å². The van der Waals surface area contributed by atoms with E-state index in [1.54, 1.807) is 12.4 Å². The Morgan fingerprint density at radius 2 is 1.94 bits per heavy atom. The molecule has 80 valence electrons. The summed E-state index contributed by atoms with van der Waals surface area (Å²) >= 11 is 0. The number of hydrogen-bond donors (Lipinski definition) is 0. The number of nitrogens with zero attached hydrogens (tertiary/aromatic N) is 2. The summed E-state index contributed by atoms with van der Waals surface area (Å²) in [7, 11) is 0. The molecular weight excluding hydrogens is 200 g/mol. The second-order valence-corrected chi connectivity index (χ2v) is 4.02. The molecule has 0 atom stereocenters. The van der Waals surface area contributed by atoms with Crippen LogP contribution in [0, 0.1) is 6.92 Å². The van der Waals surface area contributed by atoms with Gasteiger partial charge < -0.3 is 4.74 Å². The van der Waals surface area contributed by atoms with Gasteiger partial charge in [0.1, 0.15) is 11.5 Å². The van der Waals surface area contributed by atoms with E-state index in [0.717, 1.165) is 30.0 Å². The Labute approximate surface area is 94.1 Å². The Balaban J connectivity index is 2.08. The van der Waals surface area contributed by atoms with E-state index in [1.165, 1.54) is 11.1 Å². The van der Waals surface area contributed by atoms with Crippen LogP contribution in [0.4, 0.5) is 0 Å². The largest absolute Gasteiger partial charge is 0.454 e. The molecule has 16 heavy (non-hydrogen) atoms. The molecule has 1 aliphatic heterocycles. The lowest BCUT2D eigenvalue weighted by atomic mass is 10.1. The molecule has 0 amide bonds. The van der Waals surface area contributed by atoms with E-state index in [-0.39, 0.29) is 0 Å². The van der Waals surface area contributed by atoms with Crippen LogP contribution in [0.15, 0.2) is 30.7 Å². The molecule has 0 saturated heterocycles. The van der Waals surface area contributed by atoms with Gasteiger partial charge in [0.2, 0.25) is 0 Å². The first-order valence-corrected chi connectivity index (χ1v) is 5.39. The van der Waals surface area contributed by atoms with Crippen LogP contribution >= 0.6 is 0 Å². The highest BCUT2D eigenvalue weighted by Gasteiger charge is 2.14. The fourth-order valence-electron chi connectivity index (χ4n) is 1.99. The fraction of sp³-hybridized carbons (Fsp3) is 0.231. The molecule has 0 radical (unpaired) electrons. The molecule has 3 heterocycles. The third-order valence-corrected chi connectivity index (χ3v) is 2.84. The van der Waals surface area contributed by atoms with Crippen molar-refractivity contribution in [2.24, 2.45) is 0 Å². The zero-order valence-corrected chi connectivity index (χ0v) is 9.10. The molecule has 0 aliphatic carbocycles. The van der Waals surface area contributed by atoms with Crippen molar-refractivity contribution in [3.8, 4) is 11.5 Å². The van der Waals surface area contributed by atoms with Crippen LogP contribution in [0.5, 0.6) is 11.5 Å². The highest BCUT2D eigenvalue weighted by Crippen LogP contribution is 2.32. The molecule has 0 bridgehead atoms. The van der Waals surface area contributed by atoms with Crippen LogP contribution in [0.1, 0.15) is 16.8 Å². The van der Waals surface area contributed by atoms with Gasteiger partial charge in [0.05, 0.1) is 12.4 Å². The Morgan fingerprint density at radius 1 is 1.12 bits per heavy atom. The molecule has 3 heteroatoms. The zero-order chi connectivity index (χ0) is 11.0. The van der Waals surface area contributed by atoms with Crippen molar-refractivity contribution >= 4 is 0 Å². The molecule has 2 aromatic rings. The lowest BCUT2D eigenvalue weighted by molar-refractivity contribution is 0.474. The van der Waals surface area contributed by atoms with Crippen molar-refractivity contribution < 1.29 is 4.74 Å². The summed E-state index contributed by atoms with van der Waals surface area (Å²) in [5.74, 6) is 1.71. The minimum absolute atomic E-state index is 0.854. The summed E-state index contributed by atoms with van der Waals surface area (Å²) < 4.78 is 5.83. The summed E-state index contributed by atoms with van der Waals surface area (Å²) in [4.78, 5) is 8.35. The highest BCUT2D eigenvalue weighted by molar-refractivity contribution is 5.42. The molecule has 0 spiro atoms. The molecule has 2 aromatic heterocycles. The summed E-state index contributed by atoms with van der Waals surface area (Å²) in [6.07, 6.45) is 7.36. The summed E-state index contributed by atoms with van der Waals surface area (Å²) in [5, 5.41) is 0. The molecule has 0 fully saturated rings. The van der Waals surface area contributed by atoms with Crippen LogP contribution in [-0.2, 0) is 12.8 Å². The summed E-state index contributed by atoms with van der Waals surface area (Å²) in [5.41, 5.74) is 3.47. The van der Waals surface area contributed by atoms with E-state index in [0.29, 0.717) is 0 Å². The molecule has 0 saturated carbocycles. The van der Waals surface area contributed by atoms with Crippen molar-refractivity contribution in [2.45, 2.75) is 19.8 Å². The van der Waals surface area contributed by atoms with Crippen LogP contribution in [0.3, 0.4) is 0 Å². The van der Waals surface area contributed by atoms with E-state index < -0.39 is 0 Å². The third kappa shape index (κ3) is 1.54. The smallest absolute Gasteiger partial charge is 0.149 e. The number of fused-ring (bicyclic) bond motifs is 2. The number of aryl methyl sites for hydroxylation is 3. The maximum Gasteiger partial charge on any atom is 0.149 e. The van der Waals surface area contributed by atoms with Gasteiger partial charge in [0.15, 0.2) is 0 Å². The van der Waals surface area contributed by atoms with E-state index in [9.17, 15) is 0 Å². The first-order chi connectivity index (χ1) is 7.83. The monoisotopic (exact) mass is 212 g/mol. The quantitative estimate of drug-likeness (QED) is 0.673. The second kappa shape index (κ2) is 3.59. The van der Waals surface area contributed by atoms with E-state index in [1.807, 2.05) is 19.2 Å². The zero-order valence-electron chi connectivity index (χ0n) is 9.10. The van der Waals surface area contributed by atoms with Crippen LogP contribution in [0.2, 0.25) is 0 Å². The summed E-state index contributed by atoms with van der Waals surface area (Å²) in [6.45, 7) is 2.00. The topological polar surface area (TPSA) is 35.0 Å². The second-order valence-electron chi connectivity index (χ2n) is 4.02. The molecule has 1 aliphatic rings. The number of ether oxygens (including phenoxy) is 1. The first kappa shape index (κ1) is 9.33. The normalized spacial score (nSPS) is 13.3. The maximum absolute atomic E-state index is 5.83. The third-order valence-electron chi connectivity index (χ3n) is 2.84. The Hall–Kier alpha value is -1.90. The SMILES string of the molecule is Cc1cc2c(cn1)Oc1cnccc1CC2. The van der Waals surface area contributed by atoms with Crippen molar-refractivity contribution in [3.05, 3.63) is 47.5 Å². The standard InChI is InChI=1S/C13H12N2O/c1-9-6-11-3-2-10-4-5-14-7-12(10)16-13(11)8-15-9/h4-8H,2-3H2,1H3. The van der Waals surface area contributed by atoms with Gasteiger partial charge in [-0.1, -0.05) is 0 Å². The average molecular weight is 212 g/mol. The van der Waals surface area contributed by atoms with Crippen molar-refractivity contribution in [1.82, 2.24) is 9.97 Å². The van der Waals surface area contributed by atoms with Gasteiger partial charge in [-0.3, -0.25) is 9.97 Å². The van der Waals surface area contributed by atoms with Gasteiger partial charge in [-0.2, -0.15) is 0 Å². The van der Waals surface area contributed by atoms with Gasteiger partial charge in [0.25, 0.3) is 0 Å². The molecule has 0 unspecified atom stereocenters. The van der Waals surface area contributed by atoms with E-state index >= 15 is 0 Å². The number of aromatic nitrogens is 2. The Bertz CT molecular complexity index is 537. The fourth-order valence-corrected chi connectivity index (χ4v) is 1.99. The van der Waals surface area contributed by atoms with Crippen LogP contribution in [0.25, 0.3) is 0 Å². The Morgan fingerprint density at radius 3 is 2.88 bits per heavy atom. The van der Waals surface area contributed by atoms with E-state index in [2.05, 4.69) is 16.0 Å². The van der Waals surface area contributed by atoms with Crippen molar-refractivity contribution in [1.29, 1.82) is 0 Å². The summed E-state index contributed by atoms with van der Waals surface area (Å²) in [6, 6.07) is 4.11. The van der Waals surface area contributed by atoms with E-state index in [4.69, 9.17) is 4.74 Å². The van der Waals surface area contributed by atoms with Gasteiger partial charge >= 0.3 is 0 Å². The predicted molar refractivity (Wildman–Crippen MR) is 60.7 cm³/mol. The average Bonchev–Trinajstić information content (AvgIpc) is 2.48. The molecular formula is C13H12N2O. The number of rotatable bonds is 0.